The van der Waals surface area contributed by atoms with Crippen molar-refractivity contribution in [3.63, 3.8) is 0 Å². The van der Waals surface area contributed by atoms with Crippen molar-refractivity contribution in [3.05, 3.63) is 144 Å². The molecule has 6 atom stereocenters. The minimum absolute atomic E-state index is 0.139. The first-order valence-electron chi connectivity index (χ1n) is 14.9. The summed E-state index contributed by atoms with van der Waals surface area (Å²) in [6.07, 6.45) is 0.818. The van der Waals surface area contributed by atoms with E-state index in [0.29, 0.717) is 13.2 Å². The van der Waals surface area contributed by atoms with Crippen LogP contribution in [-0.4, -0.2) is 40.7 Å². The fourth-order valence-corrected chi connectivity index (χ4v) is 7.89. The molecule has 0 unspecified atom stereocenters. The second kappa shape index (κ2) is 13.6. The molecule has 0 radical (unpaired) electrons. The zero-order chi connectivity index (χ0) is 28.8. The van der Waals surface area contributed by atoms with Gasteiger partial charge in [0.05, 0.1) is 25.4 Å². The summed E-state index contributed by atoms with van der Waals surface area (Å²) in [5.74, 6) is -0.741. The highest BCUT2D eigenvalue weighted by Crippen LogP contribution is 2.45. The molecular formula is C37H40O4S. The van der Waals surface area contributed by atoms with Gasteiger partial charge in [0.25, 0.3) is 0 Å². The number of hydrogen-bond acceptors (Lipinski definition) is 5. The molecule has 0 aromatic heterocycles. The van der Waals surface area contributed by atoms with E-state index < -0.39 is 5.79 Å². The molecule has 2 fully saturated rings. The zero-order valence-corrected chi connectivity index (χ0v) is 25.2. The standard InChI is InChI=1S/C37H40O4S/c1-37(2)40-35-33(38-25-29-19-11-5-12-20-29)31(23-27-15-7-3-8-16-27)42-32(24-28-17-9-4-10-18-28)34(36(35)41-37)39-26-30-21-13-6-14-22-30/h3-22,31-36H,23-26H2,1-2H3/t31-,32-,33+,34+,35+,36+/m1/s1. The van der Waals surface area contributed by atoms with Gasteiger partial charge in [0, 0.05) is 10.5 Å². The van der Waals surface area contributed by atoms with E-state index >= 15 is 0 Å². The smallest absolute Gasteiger partial charge is 0.164 e. The lowest BCUT2D eigenvalue weighted by atomic mass is 9.94. The summed E-state index contributed by atoms with van der Waals surface area (Å²) < 4.78 is 27.2. The van der Waals surface area contributed by atoms with Crippen molar-refractivity contribution in [2.24, 2.45) is 0 Å². The Balaban J connectivity index is 1.37. The average molecular weight is 581 g/mol. The molecule has 0 bridgehead atoms. The van der Waals surface area contributed by atoms with Gasteiger partial charge in [-0.15, -0.1) is 11.8 Å². The molecule has 4 aromatic carbocycles. The maximum atomic E-state index is 6.87. The van der Waals surface area contributed by atoms with Gasteiger partial charge in [-0.05, 0) is 48.9 Å². The topological polar surface area (TPSA) is 36.9 Å². The van der Waals surface area contributed by atoms with E-state index in [4.69, 9.17) is 18.9 Å². The Morgan fingerprint density at radius 3 is 1.21 bits per heavy atom. The number of thioether (sulfide) groups is 1. The molecule has 2 aliphatic rings. The van der Waals surface area contributed by atoms with Crippen LogP contribution in [0.1, 0.15) is 36.1 Å². The van der Waals surface area contributed by atoms with Gasteiger partial charge in [0.1, 0.15) is 12.2 Å². The minimum atomic E-state index is -0.741. The summed E-state index contributed by atoms with van der Waals surface area (Å²) >= 11 is 1.98. The van der Waals surface area contributed by atoms with Crippen LogP contribution < -0.4 is 0 Å². The Bertz CT molecular complexity index is 1260. The molecule has 0 saturated carbocycles. The number of fused-ring (bicyclic) bond motifs is 1. The highest BCUT2D eigenvalue weighted by Gasteiger charge is 2.55. The summed E-state index contributed by atoms with van der Waals surface area (Å²) in [6.45, 7) is 5.05. The van der Waals surface area contributed by atoms with Crippen LogP contribution >= 0.6 is 11.8 Å². The molecule has 0 aliphatic carbocycles. The molecular weight excluding hydrogens is 540 g/mol. The molecule has 0 amide bonds. The van der Waals surface area contributed by atoms with Crippen LogP contribution in [0, 0.1) is 0 Å². The van der Waals surface area contributed by atoms with E-state index in [1.807, 2.05) is 37.7 Å². The number of rotatable bonds is 10. The molecule has 42 heavy (non-hydrogen) atoms. The van der Waals surface area contributed by atoms with Crippen molar-refractivity contribution in [1.82, 2.24) is 0 Å². The molecule has 4 aromatic rings. The number of benzene rings is 4. The van der Waals surface area contributed by atoms with Gasteiger partial charge >= 0.3 is 0 Å². The van der Waals surface area contributed by atoms with E-state index in [-0.39, 0.29) is 34.9 Å². The molecule has 2 aliphatic heterocycles. The van der Waals surface area contributed by atoms with Crippen LogP contribution in [0.15, 0.2) is 121 Å². The second-order valence-electron chi connectivity index (χ2n) is 11.7. The van der Waals surface area contributed by atoms with Crippen molar-refractivity contribution in [2.75, 3.05) is 0 Å². The van der Waals surface area contributed by atoms with E-state index in [2.05, 4.69) is 109 Å². The van der Waals surface area contributed by atoms with Crippen LogP contribution in [0.4, 0.5) is 0 Å². The van der Waals surface area contributed by atoms with E-state index in [0.717, 1.165) is 24.0 Å². The summed E-state index contributed by atoms with van der Waals surface area (Å²) in [5.41, 5.74) is 4.88. The van der Waals surface area contributed by atoms with Crippen LogP contribution in [0.25, 0.3) is 0 Å². The lowest BCUT2D eigenvalue weighted by Gasteiger charge is -2.31. The van der Waals surface area contributed by atoms with Crippen LogP contribution in [-0.2, 0) is 45.0 Å². The summed E-state index contributed by atoms with van der Waals surface area (Å²) in [7, 11) is 0. The first-order valence-corrected chi connectivity index (χ1v) is 15.9. The predicted octanol–water partition coefficient (Wildman–Crippen LogP) is 7.65. The fourth-order valence-electron chi connectivity index (χ4n) is 6.09. The first-order chi connectivity index (χ1) is 20.5. The van der Waals surface area contributed by atoms with Crippen molar-refractivity contribution in [2.45, 2.75) is 80.6 Å². The van der Waals surface area contributed by atoms with Crippen LogP contribution in [0.3, 0.4) is 0 Å². The molecule has 4 nitrogen and oxygen atoms in total. The molecule has 2 heterocycles. The molecule has 218 valence electrons. The van der Waals surface area contributed by atoms with Gasteiger partial charge in [-0.25, -0.2) is 0 Å². The highest BCUT2D eigenvalue weighted by molar-refractivity contribution is 8.00. The Morgan fingerprint density at radius 1 is 0.524 bits per heavy atom. The Labute approximate surface area is 254 Å². The van der Waals surface area contributed by atoms with Gasteiger partial charge in [-0.1, -0.05) is 121 Å². The van der Waals surface area contributed by atoms with E-state index in [1.165, 1.54) is 11.1 Å². The summed E-state index contributed by atoms with van der Waals surface area (Å²) in [6, 6.07) is 42.3. The van der Waals surface area contributed by atoms with Crippen molar-refractivity contribution in [3.8, 4) is 0 Å². The maximum absolute atomic E-state index is 6.87. The van der Waals surface area contributed by atoms with Crippen LogP contribution in [0.5, 0.6) is 0 Å². The Kier molecular flexibility index (Phi) is 9.43. The van der Waals surface area contributed by atoms with Crippen LogP contribution in [0.2, 0.25) is 0 Å². The van der Waals surface area contributed by atoms with Gasteiger partial charge in [-0.3, -0.25) is 0 Å². The molecule has 6 rings (SSSR count). The normalized spacial score (nSPS) is 26.8. The predicted molar refractivity (Wildman–Crippen MR) is 169 cm³/mol. The second-order valence-corrected chi connectivity index (χ2v) is 13.2. The van der Waals surface area contributed by atoms with Gasteiger partial charge in [0.15, 0.2) is 5.79 Å². The monoisotopic (exact) mass is 580 g/mol. The summed E-state index contributed by atoms with van der Waals surface area (Å²) in [5, 5.41) is 0.278. The van der Waals surface area contributed by atoms with Crippen molar-refractivity contribution in [1.29, 1.82) is 0 Å². The van der Waals surface area contributed by atoms with Crippen molar-refractivity contribution >= 4 is 11.8 Å². The maximum Gasteiger partial charge on any atom is 0.164 e. The molecule has 5 heteroatoms. The van der Waals surface area contributed by atoms with Gasteiger partial charge in [0.2, 0.25) is 0 Å². The molecule has 0 N–H and O–H groups in total. The highest BCUT2D eigenvalue weighted by atomic mass is 32.2. The van der Waals surface area contributed by atoms with Crippen molar-refractivity contribution < 1.29 is 18.9 Å². The third kappa shape index (κ3) is 7.34. The van der Waals surface area contributed by atoms with Gasteiger partial charge in [-0.2, -0.15) is 0 Å². The third-order valence-corrected chi connectivity index (χ3v) is 9.59. The lowest BCUT2D eigenvalue weighted by molar-refractivity contribution is -0.167. The number of ether oxygens (including phenoxy) is 4. The number of hydrogen-bond donors (Lipinski definition) is 0. The Morgan fingerprint density at radius 2 is 0.857 bits per heavy atom. The lowest BCUT2D eigenvalue weighted by Crippen LogP contribution is -2.47. The zero-order valence-electron chi connectivity index (χ0n) is 24.4. The molecule has 0 spiro atoms. The molecule has 2 saturated heterocycles. The SMILES string of the molecule is CC1(C)O[C@@H]2[C@@H](O1)[C@@H](OCc1ccccc1)[C@@H](Cc1ccccc1)S[C@H](Cc1ccccc1)[C@@H]2OCc1ccccc1. The third-order valence-electron chi connectivity index (χ3n) is 8.02. The quantitative estimate of drug-likeness (QED) is 0.193. The first kappa shape index (κ1) is 29.2. The average Bonchev–Trinajstić information content (AvgIpc) is 3.29. The van der Waals surface area contributed by atoms with Gasteiger partial charge < -0.3 is 18.9 Å². The summed E-state index contributed by atoms with van der Waals surface area (Å²) in [4.78, 5) is 0. The van der Waals surface area contributed by atoms with E-state index in [1.54, 1.807) is 0 Å². The largest absolute Gasteiger partial charge is 0.370 e. The Hall–Kier alpha value is -2.93. The minimum Gasteiger partial charge on any atom is -0.370 e. The fraction of sp³-hybridized carbons (Fsp3) is 0.351. The van der Waals surface area contributed by atoms with E-state index in [9.17, 15) is 0 Å².